The number of aliphatic hydroxyl groups excluding tert-OH is 3. The van der Waals surface area contributed by atoms with E-state index in [1.807, 2.05) is 0 Å². The molecule has 8 heteroatoms. The monoisotopic (exact) mass is 580 g/mol. The van der Waals surface area contributed by atoms with Crippen molar-refractivity contribution < 1.29 is 29.7 Å². The molecule has 1 heterocycles. The van der Waals surface area contributed by atoms with Gasteiger partial charge in [-0.15, -0.1) is 0 Å². The number of rotatable bonds is 7. The summed E-state index contributed by atoms with van der Waals surface area (Å²) in [5.41, 5.74) is 0.588. The van der Waals surface area contributed by atoms with Crippen molar-refractivity contribution in [1.29, 1.82) is 0 Å². The second kappa shape index (κ2) is 11.0. The Morgan fingerprint density at radius 3 is 2.38 bits per heavy atom. The van der Waals surface area contributed by atoms with Gasteiger partial charge in [0.1, 0.15) is 0 Å². The lowest BCUT2D eigenvalue weighted by molar-refractivity contribution is -0.207. The molecule has 1 aromatic carbocycles. The smallest absolute Gasteiger partial charge is 0.261 e. The van der Waals surface area contributed by atoms with Crippen LogP contribution in [-0.4, -0.2) is 69.3 Å². The van der Waals surface area contributed by atoms with Gasteiger partial charge in [0.25, 0.3) is 11.8 Å². The Kier molecular flexibility index (Phi) is 7.80. The van der Waals surface area contributed by atoms with Gasteiger partial charge in [0.05, 0.1) is 29.4 Å². The van der Waals surface area contributed by atoms with E-state index in [4.69, 9.17) is 0 Å². The number of carbonyl (C=O) groups is 3. The molecule has 230 valence electrons. The van der Waals surface area contributed by atoms with Crippen LogP contribution in [0.1, 0.15) is 99.3 Å². The fourth-order valence-corrected chi connectivity index (χ4v) is 10.5. The second-order valence-corrected chi connectivity index (χ2v) is 14.7. The minimum atomic E-state index is -0.443. The summed E-state index contributed by atoms with van der Waals surface area (Å²) in [5, 5.41) is 36.5. The number of hydrogen-bond acceptors (Lipinski definition) is 6. The van der Waals surface area contributed by atoms with Gasteiger partial charge in [-0.25, -0.2) is 0 Å². The van der Waals surface area contributed by atoms with Crippen LogP contribution >= 0.6 is 0 Å². The molecule has 0 unspecified atom stereocenters. The zero-order valence-corrected chi connectivity index (χ0v) is 25.3. The average Bonchev–Trinajstić information content (AvgIpc) is 3.44. The van der Waals surface area contributed by atoms with E-state index in [-0.39, 0.29) is 77.3 Å². The summed E-state index contributed by atoms with van der Waals surface area (Å²) in [7, 11) is 0. The van der Waals surface area contributed by atoms with Gasteiger partial charge in [-0.3, -0.25) is 19.3 Å². The Balaban J connectivity index is 1.04. The van der Waals surface area contributed by atoms with E-state index in [1.165, 1.54) is 4.90 Å². The molecule has 6 rings (SSSR count). The number of aliphatic hydroxyl groups is 3. The SMILES string of the molecule is C[C@H](CCC(=O)NCCN1C(=O)c2ccccc2C1=O)[C@H]1CC[C@H]2[C@@H]3[C@H](O)C[C@@H]4C[C@H](O)CC[C@]4(C)[C@H]3C[C@H](O)[C@]12C. The summed E-state index contributed by atoms with van der Waals surface area (Å²) in [6.45, 7) is 7.15. The molecule has 4 fully saturated rings. The van der Waals surface area contributed by atoms with Gasteiger partial charge in [-0.1, -0.05) is 32.9 Å². The first-order chi connectivity index (χ1) is 20.0. The maximum atomic E-state index is 12.8. The Bertz CT molecular complexity index is 1200. The van der Waals surface area contributed by atoms with Crippen molar-refractivity contribution in [1.82, 2.24) is 10.2 Å². The summed E-state index contributed by atoms with van der Waals surface area (Å²) < 4.78 is 0. The molecule has 0 bridgehead atoms. The normalized spacial score (nSPS) is 41.5. The van der Waals surface area contributed by atoms with Crippen LogP contribution in [0, 0.1) is 46.3 Å². The Labute approximate surface area is 249 Å². The van der Waals surface area contributed by atoms with Gasteiger partial charge >= 0.3 is 0 Å². The molecule has 4 N–H and O–H groups in total. The van der Waals surface area contributed by atoms with E-state index in [2.05, 4.69) is 26.1 Å². The van der Waals surface area contributed by atoms with Crippen molar-refractivity contribution >= 4 is 17.7 Å². The van der Waals surface area contributed by atoms with Crippen LogP contribution in [-0.2, 0) is 4.79 Å². The molecule has 0 radical (unpaired) electrons. The first-order valence-corrected chi connectivity index (χ1v) is 16.2. The van der Waals surface area contributed by atoms with Crippen LogP contribution in [0.5, 0.6) is 0 Å². The third-order valence-electron chi connectivity index (χ3n) is 12.9. The van der Waals surface area contributed by atoms with Crippen LogP contribution in [0.3, 0.4) is 0 Å². The highest BCUT2D eigenvalue weighted by Gasteiger charge is 2.65. The minimum absolute atomic E-state index is 0.0559. The van der Waals surface area contributed by atoms with Crippen LogP contribution < -0.4 is 5.32 Å². The van der Waals surface area contributed by atoms with Crippen molar-refractivity contribution in [2.24, 2.45) is 46.3 Å². The van der Waals surface area contributed by atoms with Crippen molar-refractivity contribution in [2.75, 3.05) is 13.1 Å². The molecule has 1 aromatic rings. The lowest BCUT2D eigenvalue weighted by Crippen LogP contribution is -2.62. The van der Waals surface area contributed by atoms with E-state index in [0.29, 0.717) is 36.3 Å². The van der Waals surface area contributed by atoms with Gasteiger partial charge in [-0.2, -0.15) is 0 Å². The second-order valence-electron chi connectivity index (χ2n) is 14.7. The highest BCUT2D eigenvalue weighted by Crippen LogP contribution is 2.68. The molecule has 3 amide bonds. The highest BCUT2D eigenvalue weighted by atomic mass is 16.3. The molecule has 4 saturated carbocycles. The van der Waals surface area contributed by atoms with Gasteiger partial charge in [-0.05, 0) is 110 Å². The fourth-order valence-electron chi connectivity index (χ4n) is 10.5. The van der Waals surface area contributed by atoms with Gasteiger partial charge in [0.2, 0.25) is 5.91 Å². The standard InChI is InChI=1S/C34H48N2O6/c1-19(8-11-29(40)35-14-15-36-31(41)22-6-4-5-7-23(22)32(36)42)24-9-10-25-30-26(18-28(39)34(24,25)3)33(2)13-12-21(37)16-20(33)17-27(30)38/h4-7,19-21,24-28,30,37-39H,8-18H2,1-3H3,(H,35,40)/t19-,20+,21-,24-,25+,26+,27-,28+,30+,33+,34-/m1/s1. The first-order valence-electron chi connectivity index (χ1n) is 16.2. The first kappa shape index (κ1) is 29.8. The topological polar surface area (TPSA) is 127 Å². The van der Waals surface area contributed by atoms with E-state index >= 15 is 0 Å². The largest absolute Gasteiger partial charge is 0.393 e. The van der Waals surface area contributed by atoms with Crippen molar-refractivity contribution in [2.45, 2.75) is 96.9 Å². The van der Waals surface area contributed by atoms with Gasteiger partial charge < -0.3 is 20.6 Å². The molecular weight excluding hydrogens is 532 g/mol. The fraction of sp³-hybridized carbons (Fsp3) is 0.735. The molecule has 8 nitrogen and oxygen atoms in total. The number of amides is 3. The average molecular weight is 581 g/mol. The highest BCUT2D eigenvalue weighted by molar-refractivity contribution is 6.21. The van der Waals surface area contributed by atoms with Gasteiger partial charge in [0, 0.05) is 19.5 Å². The van der Waals surface area contributed by atoms with E-state index in [0.717, 1.165) is 38.5 Å². The van der Waals surface area contributed by atoms with Crippen molar-refractivity contribution in [3.63, 3.8) is 0 Å². The molecule has 4 aliphatic carbocycles. The summed E-state index contributed by atoms with van der Waals surface area (Å²) in [5.74, 6) is 0.800. The summed E-state index contributed by atoms with van der Waals surface area (Å²) >= 11 is 0. The van der Waals surface area contributed by atoms with Crippen LogP contribution in [0.4, 0.5) is 0 Å². The molecule has 1 aliphatic heterocycles. The Hall–Kier alpha value is -2.29. The molecule has 11 atom stereocenters. The number of imide groups is 1. The molecule has 5 aliphatic rings. The lowest BCUT2D eigenvalue weighted by Gasteiger charge is -2.63. The van der Waals surface area contributed by atoms with Crippen LogP contribution in [0.15, 0.2) is 24.3 Å². The predicted octanol–water partition coefficient (Wildman–Crippen LogP) is 3.78. The zero-order valence-electron chi connectivity index (χ0n) is 25.3. The van der Waals surface area contributed by atoms with Crippen molar-refractivity contribution in [3.05, 3.63) is 35.4 Å². The van der Waals surface area contributed by atoms with Crippen molar-refractivity contribution in [3.8, 4) is 0 Å². The summed E-state index contributed by atoms with van der Waals surface area (Å²) in [6, 6.07) is 6.79. The predicted molar refractivity (Wildman–Crippen MR) is 157 cm³/mol. The number of nitrogens with zero attached hydrogens (tertiary/aromatic N) is 1. The number of nitrogens with one attached hydrogen (secondary N) is 1. The van der Waals surface area contributed by atoms with Gasteiger partial charge in [0.15, 0.2) is 0 Å². The zero-order chi connectivity index (χ0) is 30.0. The van der Waals surface area contributed by atoms with Crippen LogP contribution in [0.2, 0.25) is 0 Å². The maximum Gasteiger partial charge on any atom is 0.261 e. The number of fused-ring (bicyclic) bond motifs is 6. The van der Waals surface area contributed by atoms with E-state index in [1.54, 1.807) is 24.3 Å². The molecule has 0 aromatic heterocycles. The third kappa shape index (κ3) is 4.63. The Morgan fingerprint density at radius 2 is 1.69 bits per heavy atom. The Morgan fingerprint density at radius 1 is 1.00 bits per heavy atom. The number of carbonyl (C=O) groups excluding carboxylic acids is 3. The molecule has 42 heavy (non-hydrogen) atoms. The summed E-state index contributed by atoms with van der Waals surface area (Å²) in [4.78, 5) is 39.1. The van der Waals surface area contributed by atoms with E-state index < -0.39 is 12.2 Å². The number of benzene rings is 1. The lowest BCUT2D eigenvalue weighted by atomic mass is 9.43. The van der Waals surface area contributed by atoms with E-state index in [9.17, 15) is 29.7 Å². The van der Waals surface area contributed by atoms with Crippen LogP contribution in [0.25, 0.3) is 0 Å². The molecular formula is C34H48N2O6. The quantitative estimate of drug-likeness (QED) is 0.364. The maximum absolute atomic E-state index is 12.8. The summed E-state index contributed by atoms with van der Waals surface area (Å²) in [6.07, 6.45) is 5.93. The third-order valence-corrected chi connectivity index (χ3v) is 12.9. The molecule has 0 spiro atoms. The minimum Gasteiger partial charge on any atom is -0.393 e. The number of hydrogen-bond donors (Lipinski definition) is 4. The molecule has 0 saturated heterocycles.